The van der Waals surface area contributed by atoms with Crippen LogP contribution in [0.4, 0.5) is 5.69 Å². The molecule has 0 amide bonds. The zero-order valence-electron chi connectivity index (χ0n) is 12.4. The molecule has 5 heteroatoms. The van der Waals surface area contributed by atoms with Gasteiger partial charge in [-0.25, -0.2) is 4.79 Å². The monoisotopic (exact) mass is 279 g/mol. The lowest BCUT2D eigenvalue weighted by Gasteiger charge is -2.11. The van der Waals surface area contributed by atoms with Gasteiger partial charge in [0.2, 0.25) is 0 Å². The molecule has 0 fully saturated rings. The van der Waals surface area contributed by atoms with Gasteiger partial charge in [-0.05, 0) is 18.6 Å². The Labute approximate surface area is 119 Å². The van der Waals surface area contributed by atoms with Crippen molar-refractivity contribution < 1.29 is 19.0 Å². The van der Waals surface area contributed by atoms with Crippen LogP contribution in [0.15, 0.2) is 29.8 Å². The molecule has 110 valence electrons. The fourth-order valence-electron chi connectivity index (χ4n) is 1.73. The van der Waals surface area contributed by atoms with Gasteiger partial charge in [0.25, 0.3) is 0 Å². The molecule has 0 spiro atoms. The highest BCUT2D eigenvalue weighted by atomic mass is 16.5. The predicted octanol–water partition coefficient (Wildman–Crippen LogP) is 2.63. The van der Waals surface area contributed by atoms with Gasteiger partial charge in [-0.15, -0.1) is 0 Å². The standard InChI is InChI=1S/C15H21NO4/c1-5-11(15(17)20-4)8-9-16-13-7-6-12(18-2)10-14(13)19-3/h6-8,10,16H,5,9H2,1-4H3/b11-8-. The zero-order valence-corrected chi connectivity index (χ0v) is 12.4. The molecule has 0 saturated heterocycles. The molecule has 0 unspecified atom stereocenters. The van der Waals surface area contributed by atoms with E-state index in [1.807, 2.05) is 25.1 Å². The largest absolute Gasteiger partial charge is 0.497 e. The van der Waals surface area contributed by atoms with Crippen LogP contribution in [0.5, 0.6) is 11.5 Å². The third kappa shape index (κ3) is 4.19. The summed E-state index contributed by atoms with van der Waals surface area (Å²) in [6.07, 6.45) is 2.45. The van der Waals surface area contributed by atoms with E-state index in [9.17, 15) is 4.79 Å². The van der Waals surface area contributed by atoms with E-state index >= 15 is 0 Å². The van der Waals surface area contributed by atoms with Gasteiger partial charge in [-0.3, -0.25) is 0 Å². The first-order valence-electron chi connectivity index (χ1n) is 6.39. The van der Waals surface area contributed by atoms with Gasteiger partial charge >= 0.3 is 5.97 Å². The van der Waals surface area contributed by atoms with Crippen LogP contribution in [-0.4, -0.2) is 33.8 Å². The van der Waals surface area contributed by atoms with Crippen LogP contribution in [-0.2, 0) is 9.53 Å². The molecule has 0 aliphatic heterocycles. The number of anilines is 1. The van der Waals surface area contributed by atoms with Crippen molar-refractivity contribution in [3.05, 3.63) is 29.8 Å². The van der Waals surface area contributed by atoms with Gasteiger partial charge in [0.1, 0.15) is 11.5 Å². The Morgan fingerprint density at radius 1 is 1.25 bits per heavy atom. The minimum atomic E-state index is -0.295. The van der Waals surface area contributed by atoms with Crippen molar-refractivity contribution >= 4 is 11.7 Å². The Bertz CT molecular complexity index is 483. The molecule has 1 N–H and O–H groups in total. The number of carbonyl (C=O) groups excluding carboxylic acids is 1. The first-order valence-corrected chi connectivity index (χ1v) is 6.39. The number of hydrogen-bond acceptors (Lipinski definition) is 5. The van der Waals surface area contributed by atoms with E-state index in [-0.39, 0.29) is 5.97 Å². The first kappa shape index (κ1) is 15.9. The van der Waals surface area contributed by atoms with Gasteiger partial charge in [-0.2, -0.15) is 0 Å². The number of benzene rings is 1. The first-order chi connectivity index (χ1) is 9.65. The van der Waals surface area contributed by atoms with Gasteiger partial charge in [0.05, 0.1) is 27.0 Å². The Morgan fingerprint density at radius 2 is 2.00 bits per heavy atom. The maximum atomic E-state index is 11.4. The number of rotatable bonds is 7. The van der Waals surface area contributed by atoms with Crippen molar-refractivity contribution in [3.63, 3.8) is 0 Å². The maximum absolute atomic E-state index is 11.4. The Kier molecular flexibility index (Phi) is 6.43. The normalized spacial score (nSPS) is 10.9. The molecule has 5 nitrogen and oxygen atoms in total. The van der Waals surface area contributed by atoms with E-state index in [4.69, 9.17) is 14.2 Å². The van der Waals surface area contributed by atoms with Crippen LogP contribution in [0.25, 0.3) is 0 Å². The van der Waals surface area contributed by atoms with Crippen LogP contribution in [0.3, 0.4) is 0 Å². The quantitative estimate of drug-likeness (QED) is 0.614. The SMILES string of the molecule is CC/C(=C/CNc1ccc(OC)cc1OC)C(=O)OC. The van der Waals surface area contributed by atoms with E-state index in [0.29, 0.717) is 24.3 Å². The molecular weight excluding hydrogens is 258 g/mol. The van der Waals surface area contributed by atoms with Crippen molar-refractivity contribution in [2.24, 2.45) is 0 Å². The number of nitrogens with one attached hydrogen (secondary N) is 1. The van der Waals surface area contributed by atoms with Crippen LogP contribution >= 0.6 is 0 Å². The molecule has 20 heavy (non-hydrogen) atoms. The highest BCUT2D eigenvalue weighted by molar-refractivity contribution is 5.88. The van der Waals surface area contributed by atoms with E-state index in [1.165, 1.54) is 7.11 Å². The summed E-state index contributed by atoms with van der Waals surface area (Å²) in [5.74, 6) is 1.12. The second-order valence-electron chi connectivity index (χ2n) is 4.02. The number of ether oxygens (including phenoxy) is 3. The van der Waals surface area contributed by atoms with E-state index in [0.717, 1.165) is 11.4 Å². The summed E-state index contributed by atoms with van der Waals surface area (Å²) in [5.41, 5.74) is 1.48. The lowest BCUT2D eigenvalue weighted by Crippen LogP contribution is -2.07. The molecule has 1 aromatic rings. The Balaban J connectivity index is 2.74. The number of methoxy groups -OCH3 is 3. The summed E-state index contributed by atoms with van der Waals surface area (Å²) in [6, 6.07) is 5.51. The lowest BCUT2D eigenvalue weighted by atomic mass is 10.2. The minimum absolute atomic E-state index is 0.295. The van der Waals surface area contributed by atoms with Crippen LogP contribution in [0.2, 0.25) is 0 Å². The van der Waals surface area contributed by atoms with Crippen molar-refractivity contribution in [2.75, 3.05) is 33.2 Å². The van der Waals surface area contributed by atoms with Gasteiger partial charge in [-0.1, -0.05) is 13.0 Å². The molecule has 0 bridgehead atoms. The van der Waals surface area contributed by atoms with Crippen molar-refractivity contribution in [2.45, 2.75) is 13.3 Å². The molecule has 0 aromatic heterocycles. The fraction of sp³-hybridized carbons (Fsp3) is 0.400. The van der Waals surface area contributed by atoms with Gasteiger partial charge in [0.15, 0.2) is 0 Å². The number of hydrogen-bond donors (Lipinski definition) is 1. The smallest absolute Gasteiger partial charge is 0.333 e. The third-order valence-corrected chi connectivity index (χ3v) is 2.88. The molecule has 0 atom stereocenters. The lowest BCUT2D eigenvalue weighted by molar-refractivity contribution is -0.136. The average Bonchev–Trinajstić information content (AvgIpc) is 2.50. The Morgan fingerprint density at radius 3 is 2.55 bits per heavy atom. The van der Waals surface area contributed by atoms with Crippen LogP contribution in [0.1, 0.15) is 13.3 Å². The van der Waals surface area contributed by atoms with E-state index in [1.54, 1.807) is 20.3 Å². The van der Waals surface area contributed by atoms with Crippen LogP contribution in [0, 0.1) is 0 Å². The third-order valence-electron chi connectivity index (χ3n) is 2.88. The van der Waals surface area contributed by atoms with E-state index < -0.39 is 0 Å². The van der Waals surface area contributed by atoms with Gasteiger partial charge in [0, 0.05) is 18.2 Å². The molecule has 1 aromatic carbocycles. The van der Waals surface area contributed by atoms with Gasteiger partial charge < -0.3 is 19.5 Å². The molecular formula is C15H21NO4. The topological polar surface area (TPSA) is 56.8 Å². The summed E-state index contributed by atoms with van der Waals surface area (Å²) < 4.78 is 15.1. The maximum Gasteiger partial charge on any atom is 0.333 e. The Hall–Kier alpha value is -2.17. The summed E-state index contributed by atoms with van der Waals surface area (Å²) >= 11 is 0. The van der Waals surface area contributed by atoms with Crippen LogP contribution < -0.4 is 14.8 Å². The average molecular weight is 279 g/mol. The second kappa shape index (κ2) is 8.09. The molecule has 0 saturated carbocycles. The minimum Gasteiger partial charge on any atom is -0.497 e. The molecule has 0 aliphatic rings. The zero-order chi connectivity index (χ0) is 15.0. The molecule has 0 radical (unpaired) electrons. The summed E-state index contributed by atoms with van der Waals surface area (Å²) in [4.78, 5) is 11.4. The summed E-state index contributed by atoms with van der Waals surface area (Å²) in [5, 5.41) is 3.19. The fourth-order valence-corrected chi connectivity index (χ4v) is 1.73. The van der Waals surface area contributed by atoms with Crippen molar-refractivity contribution in [3.8, 4) is 11.5 Å². The second-order valence-corrected chi connectivity index (χ2v) is 4.02. The highest BCUT2D eigenvalue weighted by Gasteiger charge is 2.07. The summed E-state index contributed by atoms with van der Waals surface area (Å²) in [7, 11) is 4.59. The number of esters is 1. The van der Waals surface area contributed by atoms with Crippen molar-refractivity contribution in [1.82, 2.24) is 0 Å². The molecule has 1 rings (SSSR count). The highest BCUT2D eigenvalue weighted by Crippen LogP contribution is 2.28. The summed E-state index contributed by atoms with van der Waals surface area (Å²) in [6.45, 7) is 2.43. The molecule has 0 aliphatic carbocycles. The van der Waals surface area contributed by atoms with E-state index in [2.05, 4.69) is 5.32 Å². The predicted molar refractivity (Wildman–Crippen MR) is 78.4 cm³/mol. The molecule has 0 heterocycles. The van der Waals surface area contributed by atoms with Crippen molar-refractivity contribution in [1.29, 1.82) is 0 Å². The number of carbonyl (C=O) groups is 1.